The zero-order chi connectivity index (χ0) is 11.8. The van der Waals surface area contributed by atoms with Crippen LogP contribution in [-0.4, -0.2) is 19.8 Å². The minimum absolute atomic E-state index is 0.726. The lowest BCUT2D eigenvalue weighted by atomic mass is 10.1. The van der Waals surface area contributed by atoms with E-state index < -0.39 is 0 Å². The second-order valence-electron chi connectivity index (χ2n) is 4.23. The Kier molecular flexibility index (Phi) is 6.80. The number of hydrogen-bond donors (Lipinski definition) is 1. The van der Waals surface area contributed by atoms with Crippen molar-refractivity contribution in [2.45, 2.75) is 20.3 Å². The summed E-state index contributed by atoms with van der Waals surface area (Å²) in [5.74, 6) is 0.726. The van der Waals surface area contributed by atoms with Crippen molar-refractivity contribution in [3.63, 3.8) is 0 Å². The van der Waals surface area contributed by atoms with E-state index >= 15 is 0 Å². The van der Waals surface area contributed by atoms with Gasteiger partial charge in [0.2, 0.25) is 0 Å². The van der Waals surface area contributed by atoms with Gasteiger partial charge in [0.15, 0.2) is 0 Å². The van der Waals surface area contributed by atoms with Gasteiger partial charge in [0.05, 0.1) is 6.61 Å². The summed E-state index contributed by atoms with van der Waals surface area (Å²) in [6.07, 6.45) is 1.14. The molecule has 0 fully saturated rings. The first-order chi connectivity index (χ1) is 7.68. The second kappa shape index (κ2) is 7.90. The van der Waals surface area contributed by atoms with Crippen LogP contribution in [0.3, 0.4) is 0 Å². The number of halogens is 1. The SMILES string of the molecule is CC(C)CCOCCNc1ccc(I)cc1. The van der Waals surface area contributed by atoms with E-state index in [0.29, 0.717) is 0 Å². The zero-order valence-corrected chi connectivity index (χ0v) is 12.2. The van der Waals surface area contributed by atoms with E-state index in [-0.39, 0.29) is 0 Å². The maximum absolute atomic E-state index is 5.53. The molecule has 0 atom stereocenters. The number of rotatable bonds is 7. The van der Waals surface area contributed by atoms with E-state index in [1.54, 1.807) is 0 Å². The van der Waals surface area contributed by atoms with Gasteiger partial charge in [-0.1, -0.05) is 13.8 Å². The van der Waals surface area contributed by atoms with Crippen LogP contribution < -0.4 is 5.32 Å². The summed E-state index contributed by atoms with van der Waals surface area (Å²) in [4.78, 5) is 0. The number of benzene rings is 1. The topological polar surface area (TPSA) is 21.3 Å². The van der Waals surface area contributed by atoms with Crippen LogP contribution >= 0.6 is 22.6 Å². The van der Waals surface area contributed by atoms with Crippen molar-refractivity contribution in [2.75, 3.05) is 25.1 Å². The molecule has 0 saturated heterocycles. The first-order valence-electron chi connectivity index (χ1n) is 5.75. The van der Waals surface area contributed by atoms with Crippen LogP contribution in [0.2, 0.25) is 0 Å². The van der Waals surface area contributed by atoms with Gasteiger partial charge in [-0.25, -0.2) is 0 Å². The van der Waals surface area contributed by atoms with Crippen LogP contribution in [0.4, 0.5) is 5.69 Å². The van der Waals surface area contributed by atoms with Gasteiger partial charge in [-0.2, -0.15) is 0 Å². The molecular formula is C13H20INO. The van der Waals surface area contributed by atoms with Crippen molar-refractivity contribution in [1.82, 2.24) is 0 Å². The number of nitrogens with one attached hydrogen (secondary N) is 1. The maximum atomic E-state index is 5.53. The highest BCUT2D eigenvalue weighted by atomic mass is 127. The highest BCUT2D eigenvalue weighted by Crippen LogP contribution is 2.10. The minimum atomic E-state index is 0.726. The van der Waals surface area contributed by atoms with E-state index in [2.05, 4.69) is 66.0 Å². The van der Waals surface area contributed by atoms with E-state index in [0.717, 1.165) is 37.8 Å². The second-order valence-corrected chi connectivity index (χ2v) is 5.47. The van der Waals surface area contributed by atoms with E-state index in [1.807, 2.05) is 0 Å². The fourth-order valence-electron chi connectivity index (χ4n) is 1.26. The zero-order valence-electron chi connectivity index (χ0n) is 10.0. The molecule has 0 unspecified atom stereocenters. The number of anilines is 1. The Labute approximate surface area is 112 Å². The van der Waals surface area contributed by atoms with Crippen molar-refractivity contribution in [3.05, 3.63) is 27.8 Å². The highest BCUT2D eigenvalue weighted by molar-refractivity contribution is 14.1. The lowest BCUT2D eigenvalue weighted by molar-refractivity contribution is 0.132. The van der Waals surface area contributed by atoms with Crippen LogP contribution in [0.25, 0.3) is 0 Å². The molecule has 0 saturated carbocycles. The summed E-state index contributed by atoms with van der Waals surface area (Å²) in [6, 6.07) is 8.39. The molecule has 0 radical (unpaired) electrons. The summed E-state index contributed by atoms with van der Waals surface area (Å²) in [7, 11) is 0. The van der Waals surface area contributed by atoms with Crippen molar-refractivity contribution < 1.29 is 4.74 Å². The Morgan fingerprint density at radius 1 is 1.19 bits per heavy atom. The van der Waals surface area contributed by atoms with Crippen LogP contribution in [0.1, 0.15) is 20.3 Å². The van der Waals surface area contributed by atoms with Gasteiger partial charge in [-0.3, -0.25) is 0 Å². The highest BCUT2D eigenvalue weighted by Gasteiger charge is 1.94. The van der Waals surface area contributed by atoms with E-state index in [4.69, 9.17) is 4.74 Å². The quantitative estimate of drug-likeness (QED) is 0.606. The molecule has 16 heavy (non-hydrogen) atoms. The fraction of sp³-hybridized carbons (Fsp3) is 0.538. The Balaban J connectivity index is 2.05. The number of ether oxygens (including phenoxy) is 1. The predicted molar refractivity (Wildman–Crippen MR) is 77.9 cm³/mol. The summed E-state index contributed by atoms with van der Waals surface area (Å²) in [5, 5.41) is 3.33. The van der Waals surface area contributed by atoms with Crippen molar-refractivity contribution in [2.24, 2.45) is 5.92 Å². The minimum Gasteiger partial charge on any atom is -0.383 e. The Hall–Kier alpha value is -0.290. The van der Waals surface area contributed by atoms with Crippen LogP contribution in [-0.2, 0) is 4.74 Å². The molecule has 1 rings (SSSR count). The number of hydrogen-bond acceptors (Lipinski definition) is 2. The van der Waals surface area contributed by atoms with Gasteiger partial charge >= 0.3 is 0 Å². The first kappa shape index (κ1) is 13.8. The van der Waals surface area contributed by atoms with Gasteiger partial charge in [-0.05, 0) is 59.2 Å². The van der Waals surface area contributed by atoms with E-state index in [1.165, 1.54) is 3.57 Å². The lowest BCUT2D eigenvalue weighted by Crippen LogP contribution is -2.10. The molecule has 3 heteroatoms. The van der Waals surface area contributed by atoms with Crippen molar-refractivity contribution in [1.29, 1.82) is 0 Å². The molecular weight excluding hydrogens is 313 g/mol. The van der Waals surface area contributed by atoms with Gasteiger partial charge in [0, 0.05) is 22.4 Å². The molecule has 0 aliphatic carbocycles. The summed E-state index contributed by atoms with van der Waals surface area (Å²) in [5.41, 5.74) is 1.16. The van der Waals surface area contributed by atoms with Crippen LogP contribution in [0, 0.1) is 9.49 Å². The monoisotopic (exact) mass is 333 g/mol. The van der Waals surface area contributed by atoms with E-state index in [9.17, 15) is 0 Å². The normalized spacial score (nSPS) is 10.8. The Bertz CT molecular complexity index is 284. The molecule has 2 nitrogen and oxygen atoms in total. The molecule has 0 aliphatic rings. The van der Waals surface area contributed by atoms with Crippen molar-refractivity contribution >= 4 is 28.3 Å². The summed E-state index contributed by atoms with van der Waals surface area (Å²) < 4.78 is 6.79. The molecule has 0 amide bonds. The molecule has 0 spiro atoms. The lowest BCUT2D eigenvalue weighted by Gasteiger charge is -2.08. The molecule has 0 aliphatic heterocycles. The largest absolute Gasteiger partial charge is 0.383 e. The van der Waals surface area contributed by atoms with Gasteiger partial charge in [-0.15, -0.1) is 0 Å². The predicted octanol–water partition coefficient (Wildman–Crippen LogP) is 3.77. The molecule has 1 aromatic rings. The van der Waals surface area contributed by atoms with Crippen molar-refractivity contribution in [3.8, 4) is 0 Å². The van der Waals surface area contributed by atoms with Crippen LogP contribution in [0.15, 0.2) is 24.3 Å². The first-order valence-corrected chi connectivity index (χ1v) is 6.83. The average molecular weight is 333 g/mol. The Morgan fingerprint density at radius 2 is 1.88 bits per heavy atom. The summed E-state index contributed by atoms with van der Waals surface area (Å²) in [6.45, 7) is 6.95. The third-order valence-corrected chi connectivity index (χ3v) is 2.98. The molecule has 0 bridgehead atoms. The smallest absolute Gasteiger partial charge is 0.0639 e. The van der Waals surface area contributed by atoms with Crippen LogP contribution in [0.5, 0.6) is 0 Å². The third-order valence-electron chi connectivity index (χ3n) is 2.26. The summed E-state index contributed by atoms with van der Waals surface area (Å²) >= 11 is 2.31. The molecule has 1 N–H and O–H groups in total. The fourth-order valence-corrected chi connectivity index (χ4v) is 1.62. The third kappa shape index (κ3) is 6.33. The maximum Gasteiger partial charge on any atom is 0.0639 e. The average Bonchev–Trinajstić information content (AvgIpc) is 2.25. The van der Waals surface area contributed by atoms with Gasteiger partial charge in [0.1, 0.15) is 0 Å². The standard InChI is InChI=1S/C13H20INO/c1-11(2)7-9-16-10-8-15-13-5-3-12(14)4-6-13/h3-6,11,15H,7-10H2,1-2H3. The molecule has 0 heterocycles. The molecule has 1 aromatic carbocycles. The molecule has 0 aromatic heterocycles. The Morgan fingerprint density at radius 3 is 2.50 bits per heavy atom. The van der Waals surface area contributed by atoms with Gasteiger partial charge in [0.25, 0.3) is 0 Å². The molecule has 90 valence electrons. The van der Waals surface area contributed by atoms with Gasteiger partial charge < -0.3 is 10.1 Å².